The van der Waals surface area contributed by atoms with Crippen LogP contribution in [0.4, 0.5) is 10.5 Å². The molecule has 3 heterocycles. The zero-order valence-corrected chi connectivity index (χ0v) is 13.3. The Morgan fingerprint density at radius 3 is 3.00 bits per heavy atom. The van der Waals surface area contributed by atoms with Crippen molar-refractivity contribution in [3.05, 3.63) is 41.6 Å². The van der Waals surface area contributed by atoms with Crippen molar-refractivity contribution in [3.8, 4) is 0 Å². The van der Waals surface area contributed by atoms with Crippen LogP contribution in [0.25, 0.3) is 5.65 Å². The van der Waals surface area contributed by atoms with Crippen molar-refractivity contribution in [2.24, 2.45) is 0 Å². The molecule has 1 unspecified atom stereocenters. The summed E-state index contributed by atoms with van der Waals surface area (Å²) in [4.78, 5) is 16.5. The Labute approximate surface area is 133 Å². The lowest BCUT2D eigenvalue weighted by molar-refractivity contribution is 0.249. The molecule has 0 aliphatic rings. The topological polar surface area (TPSA) is 100 Å². The lowest BCUT2D eigenvalue weighted by Crippen LogP contribution is -2.37. The number of H-pyrrole nitrogens is 1. The van der Waals surface area contributed by atoms with Gasteiger partial charge >= 0.3 is 6.03 Å². The maximum Gasteiger partial charge on any atom is 0.319 e. The maximum absolute atomic E-state index is 12.2. The van der Waals surface area contributed by atoms with Crippen molar-refractivity contribution >= 4 is 17.4 Å². The van der Waals surface area contributed by atoms with Gasteiger partial charge in [-0.3, -0.25) is 5.10 Å². The Morgan fingerprint density at radius 1 is 1.43 bits per heavy atom. The van der Waals surface area contributed by atoms with E-state index in [1.807, 2.05) is 32.9 Å². The monoisotopic (exact) mass is 313 g/mol. The van der Waals surface area contributed by atoms with E-state index in [9.17, 15) is 4.79 Å². The minimum absolute atomic E-state index is 0.0444. The summed E-state index contributed by atoms with van der Waals surface area (Å²) in [7, 11) is 0. The fraction of sp³-hybridized carbons (Fsp3) is 0.333. The van der Waals surface area contributed by atoms with Crippen LogP contribution in [-0.2, 0) is 6.42 Å². The van der Waals surface area contributed by atoms with Gasteiger partial charge in [-0.15, -0.1) is 0 Å². The van der Waals surface area contributed by atoms with E-state index in [0.717, 1.165) is 11.4 Å². The van der Waals surface area contributed by atoms with E-state index < -0.39 is 0 Å². The number of nitrogens with one attached hydrogen (secondary N) is 3. The summed E-state index contributed by atoms with van der Waals surface area (Å²) in [5, 5.41) is 17.0. The van der Waals surface area contributed by atoms with E-state index in [1.165, 1.54) is 0 Å². The second-order valence-electron chi connectivity index (χ2n) is 5.59. The fourth-order valence-corrected chi connectivity index (χ4v) is 2.44. The Bertz CT molecular complexity index is 835. The van der Waals surface area contributed by atoms with Gasteiger partial charge in [-0.1, -0.05) is 0 Å². The van der Waals surface area contributed by atoms with Gasteiger partial charge in [0.1, 0.15) is 5.82 Å². The molecule has 8 heteroatoms. The Hall–Kier alpha value is -2.90. The molecule has 0 aliphatic heterocycles. The first-order valence-corrected chi connectivity index (χ1v) is 7.41. The van der Waals surface area contributed by atoms with Crippen LogP contribution in [-0.4, -0.2) is 36.9 Å². The van der Waals surface area contributed by atoms with Crippen LogP contribution in [0.3, 0.4) is 0 Å². The summed E-state index contributed by atoms with van der Waals surface area (Å²) >= 11 is 0. The molecule has 0 spiro atoms. The number of amides is 2. The molecule has 3 rings (SSSR count). The average Bonchev–Trinajstić information content (AvgIpc) is 3.04. The van der Waals surface area contributed by atoms with Gasteiger partial charge in [0, 0.05) is 24.4 Å². The summed E-state index contributed by atoms with van der Waals surface area (Å²) in [6, 6.07) is 5.25. The number of aromatic nitrogens is 5. The van der Waals surface area contributed by atoms with Crippen molar-refractivity contribution in [2.75, 3.05) is 5.32 Å². The zero-order chi connectivity index (χ0) is 16.4. The number of urea groups is 1. The van der Waals surface area contributed by atoms with Gasteiger partial charge in [0.25, 0.3) is 0 Å². The van der Waals surface area contributed by atoms with Gasteiger partial charge in [-0.2, -0.15) is 10.2 Å². The molecule has 0 aliphatic carbocycles. The van der Waals surface area contributed by atoms with E-state index >= 15 is 0 Å². The van der Waals surface area contributed by atoms with Crippen LogP contribution in [0.15, 0.2) is 24.4 Å². The molecule has 3 N–H and O–H groups in total. The molecule has 0 radical (unpaired) electrons. The van der Waals surface area contributed by atoms with E-state index in [2.05, 4.69) is 30.9 Å². The molecule has 0 saturated heterocycles. The van der Waals surface area contributed by atoms with E-state index in [4.69, 9.17) is 0 Å². The van der Waals surface area contributed by atoms with Crippen LogP contribution < -0.4 is 10.6 Å². The number of fused-ring (bicyclic) bond motifs is 1. The molecule has 0 fully saturated rings. The number of aromatic amines is 1. The molecule has 3 aromatic heterocycles. The zero-order valence-electron chi connectivity index (χ0n) is 13.3. The highest BCUT2D eigenvalue weighted by atomic mass is 16.2. The molecule has 1 atom stereocenters. The number of rotatable bonds is 4. The number of pyridine rings is 1. The number of carbonyl (C=O) groups is 1. The first kappa shape index (κ1) is 15.0. The smallest absolute Gasteiger partial charge is 0.319 e. The van der Waals surface area contributed by atoms with Gasteiger partial charge < -0.3 is 10.6 Å². The summed E-state index contributed by atoms with van der Waals surface area (Å²) in [6.07, 6.45) is 2.45. The Kier molecular flexibility index (Phi) is 3.96. The van der Waals surface area contributed by atoms with Crippen molar-refractivity contribution < 1.29 is 4.79 Å². The average molecular weight is 313 g/mol. The van der Waals surface area contributed by atoms with E-state index in [1.54, 1.807) is 16.8 Å². The van der Waals surface area contributed by atoms with Crippen molar-refractivity contribution in [1.82, 2.24) is 30.1 Å². The van der Waals surface area contributed by atoms with E-state index in [0.29, 0.717) is 23.6 Å². The second-order valence-corrected chi connectivity index (χ2v) is 5.59. The summed E-state index contributed by atoms with van der Waals surface area (Å²) < 4.78 is 1.64. The lowest BCUT2D eigenvalue weighted by atomic mass is 10.2. The molecule has 23 heavy (non-hydrogen) atoms. The van der Waals surface area contributed by atoms with Crippen molar-refractivity contribution in [2.45, 2.75) is 33.2 Å². The predicted octanol–water partition coefficient (Wildman–Crippen LogP) is 1.82. The van der Waals surface area contributed by atoms with Crippen LogP contribution in [0.1, 0.15) is 24.1 Å². The number of hydrogen-bond donors (Lipinski definition) is 3. The number of carbonyl (C=O) groups excluding carboxylic acids is 1. The summed E-state index contributed by atoms with van der Waals surface area (Å²) in [5.74, 6) is 0.655. The number of aryl methyl sites for hydroxylation is 2. The van der Waals surface area contributed by atoms with Gasteiger partial charge in [0.2, 0.25) is 0 Å². The molecule has 8 nitrogen and oxygen atoms in total. The van der Waals surface area contributed by atoms with Crippen LogP contribution in [0, 0.1) is 13.8 Å². The quantitative estimate of drug-likeness (QED) is 0.684. The normalized spacial score (nSPS) is 12.3. The molecule has 3 aromatic rings. The Morgan fingerprint density at radius 2 is 2.26 bits per heavy atom. The maximum atomic E-state index is 12.2. The Balaban J connectivity index is 1.64. The van der Waals surface area contributed by atoms with Gasteiger partial charge in [-0.25, -0.2) is 14.3 Å². The van der Waals surface area contributed by atoms with Crippen LogP contribution in [0.5, 0.6) is 0 Å². The molecule has 0 saturated carbocycles. The van der Waals surface area contributed by atoms with Crippen LogP contribution >= 0.6 is 0 Å². The largest absolute Gasteiger partial charge is 0.335 e. The predicted molar refractivity (Wildman–Crippen MR) is 86.4 cm³/mol. The minimum atomic E-state index is -0.279. The van der Waals surface area contributed by atoms with Crippen molar-refractivity contribution in [3.63, 3.8) is 0 Å². The molecule has 2 amide bonds. The van der Waals surface area contributed by atoms with Crippen molar-refractivity contribution in [1.29, 1.82) is 0 Å². The molecule has 0 bridgehead atoms. The third-order valence-corrected chi connectivity index (χ3v) is 3.37. The minimum Gasteiger partial charge on any atom is -0.335 e. The highest BCUT2D eigenvalue weighted by Gasteiger charge is 2.12. The first-order chi connectivity index (χ1) is 11.0. The highest BCUT2D eigenvalue weighted by molar-refractivity contribution is 5.93. The number of anilines is 1. The second kappa shape index (κ2) is 6.07. The number of nitrogens with zero attached hydrogens (tertiary/aromatic N) is 4. The third-order valence-electron chi connectivity index (χ3n) is 3.37. The van der Waals surface area contributed by atoms with Gasteiger partial charge in [0.15, 0.2) is 5.65 Å². The lowest BCUT2D eigenvalue weighted by Gasteiger charge is -2.13. The van der Waals surface area contributed by atoms with E-state index in [-0.39, 0.29) is 12.1 Å². The third kappa shape index (κ3) is 3.47. The van der Waals surface area contributed by atoms with Crippen LogP contribution in [0.2, 0.25) is 0 Å². The molecule has 120 valence electrons. The fourth-order valence-electron chi connectivity index (χ4n) is 2.44. The van der Waals surface area contributed by atoms with Gasteiger partial charge in [-0.05, 0) is 39.0 Å². The van der Waals surface area contributed by atoms with Gasteiger partial charge in [0.05, 0.1) is 11.4 Å². The number of hydrogen-bond acceptors (Lipinski definition) is 4. The molecular formula is C15H19N7O. The first-order valence-electron chi connectivity index (χ1n) is 7.41. The SMILES string of the molecule is Cc1nc2c(NC(=O)NC(C)Cc3cc(C)[nH]n3)cccn2n1. The standard InChI is InChI=1S/C15H19N7O/c1-9(7-12-8-10(2)19-20-12)16-15(23)18-13-5-4-6-22-14(13)17-11(3)21-22/h4-6,8-9H,7H2,1-3H3,(H,19,20)(H2,16,18,23). The highest BCUT2D eigenvalue weighted by Crippen LogP contribution is 2.14. The summed E-state index contributed by atoms with van der Waals surface area (Å²) in [5.41, 5.74) is 3.17. The molecule has 0 aromatic carbocycles. The molecular weight excluding hydrogens is 294 g/mol. The summed E-state index contributed by atoms with van der Waals surface area (Å²) in [6.45, 7) is 5.69.